The van der Waals surface area contributed by atoms with Crippen molar-refractivity contribution in [3.63, 3.8) is 0 Å². The molecule has 4 nitrogen and oxygen atoms in total. The smallest absolute Gasteiger partial charge is 0.293 e. The van der Waals surface area contributed by atoms with Crippen LogP contribution in [0.2, 0.25) is 0 Å². The quantitative estimate of drug-likeness (QED) is 0.451. The van der Waals surface area contributed by atoms with Gasteiger partial charge in [0.05, 0.1) is 11.4 Å². The largest absolute Gasteiger partial charge is 0.489 e. The van der Waals surface area contributed by atoms with Crippen LogP contribution in [0.25, 0.3) is 6.08 Å². The van der Waals surface area contributed by atoms with Crippen molar-refractivity contribution in [2.75, 3.05) is 0 Å². The lowest BCUT2D eigenvalue weighted by atomic mass is 10.1. The highest BCUT2D eigenvalue weighted by atomic mass is 32.2. The summed E-state index contributed by atoms with van der Waals surface area (Å²) in [5.74, 6) is 0.0451. The summed E-state index contributed by atoms with van der Waals surface area (Å²) in [7, 11) is 0. The molecule has 0 N–H and O–H groups in total. The molecule has 0 bridgehead atoms. The van der Waals surface area contributed by atoms with Gasteiger partial charge in [0.25, 0.3) is 11.1 Å². The van der Waals surface area contributed by atoms with Crippen LogP contribution in [0, 0.1) is 12.7 Å². The van der Waals surface area contributed by atoms with Crippen molar-refractivity contribution in [2.24, 2.45) is 0 Å². The van der Waals surface area contributed by atoms with E-state index in [4.69, 9.17) is 4.74 Å². The third kappa shape index (κ3) is 5.22. The second kappa shape index (κ2) is 9.18. The molecule has 4 rings (SSSR count). The van der Waals surface area contributed by atoms with Crippen LogP contribution in [-0.2, 0) is 17.9 Å². The maximum Gasteiger partial charge on any atom is 0.293 e. The summed E-state index contributed by atoms with van der Waals surface area (Å²) in [6.45, 7) is 2.51. The molecule has 0 unspecified atom stereocenters. The van der Waals surface area contributed by atoms with Crippen molar-refractivity contribution in [1.82, 2.24) is 4.90 Å². The number of amides is 2. The van der Waals surface area contributed by atoms with Gasteiger partial charge in [-0.15, -0.1) is 0 Å². The van der Waals surface area contributed by atoms with Gasteiger partial charge in [-0.25, -0.2) is 4.39 Å². The minimum atomic E-state index is -0.298. The average molecular weight is 434 g/mol. The first kappa shape index (κ1) is 20.9. The number of aryl methyl sites for hydroxylation is 1. The van der Waals surface area contributed by atoms with Gasteiger partial charge in [0, 0.05) is 0 Å². The van der Waals surface area contributed by atoms with Crippen molar-refractivity contribution < 1.29 is 18.7 Å². The van der Waals surface area contributed by atoms with E-state index >= 15 is 0 Å². The molecule has 1 heterocycles. The number of rotatable bonds is 6. The Morgan fingerprint density at radius 1 is 0.968 bits per heavy atom. The van der Waals surface area contributed by atoms with E-state index in [2.05, 4.69) is 0 Å². The number of halogens is 1. The van der Waals surface area contributed by atoms with Crippen LogP contribution in [0.4, 0.5) is 9.18 Å². The summed E-state index contributed by atoms with van der Waals surface area (Å²) in [5, 5.41) is -0.271. The molecule has 0 aromatic heterocycles. The summed E-state index contributed by atoms with van der Waals surface area (Å²) >= 11 is 0.944. The first-order valence-corrected chi connectivity index (χ1v) is 10.6. The molecule has 0 aliphatic carbocycles. The van der Waals surface area contributed by atoms with E-state index in [-0.39, 0.29) is 30.1 Å². The fourth-order valence-electron chi connectivity index (χ4n) is 3.12. The van der Waals surface area contributed by atoms with Crippen LogP contribution in [-0.4, -0.2) is 16.0 Å². The summed E-state index contributed by atoms with van der Waals surface area (Å²) in [6.07, 6.45) is 1.70. The van der Waals surface area contributed by atoms with Gasteiger partial charge in [-0.2, -0.15) is 0 Å². The molecular weight excluding hydrogens is 413 g/mol. The van der Waals surface area contributed by atoms with Gasteiger partial charge in [0.15, 0.2) is 0 Å². The molecule has 0 saturated carbocycles. The van der Waals surface area contributed by atoms with Gasteiger partial charge >= 0.3 is 0 Å². The Morgan fingerprint density at radius 3 is 2.42 bits per heavy atom. The number of thioether (sulfide) groups is 1. The van der Waals surface area contributed by atoms with Gasteiger partial charge in [-0.05, 0) is 65.7 Å². The average Bonchev–Trinajstić information content (AvgIpc) is 3.02. The third-order valence-electron chi connectivity index (χ3n) is 4.81. The zero-order valence-electron chi connectivity index (χ0n) is 16.9. The van der Waals surface area contributed by atoms with Crippen molar-refractivity contribution in [3.05, 3.63) is 106 Å². The highest BCUT2D eigenvalue weighted by molar-refractivity contribution is 8.18. The van der Waals surface area contributed by atoms with E-state index in [9.17, 15) is 14.0 Å². The van der Waals surface area contributed by atoms with Crippen molar-refractivity contribution in [2.45, 2.75) is 20.1 Å². The predicted octanol–water partition coefficient (Wildman–Crippen LogP) is 5.95. The number of carbonyl (C=O) groups is 2. The van der Waals surface area contributed by atoms with Crippen molar-refractivity contribution in [1.29, 1.82) is 0 Å². The van der Waals surface area contributed by atoms with Crippen LogP contribution in [0.1, 0.15) is 22.3 Å². The lowest BCUT2D eigenvalue weighted by Gasteiger charge is -2.12. The van der Waals surface area contributed by atoms with E-state index in [0.717, 1.165) is 34.0 Å². The molecule has 1 aliphatic heterocycles. The van der Waals surface area contributed by atoms with Gasteiger partial charge in [0.1, 0.15) is 18.2 Å². The van der Waals surface area contributed by atoms with E-state index < -0.39 is 0 Å². The van der Waals surface area contributed by atoms with Crippen molar-refractivity contribution >= 4 is 29.0 Å². The third-order valence-corrected chi connectivity index (χ3v) is 5.71. The van der Waals surface area contributed by atoms with Crippen LogP contribution in [0.15, 0.2) is 77.7 Å². The Hall–Kier alpha value is -3.38. The Morgan fingerprint density at radius 2 is 1.71 bits per heavy atom. The Labute approximate surface area is 184 Å². The molecule has 0 radical (unpaired) electrons. The molecule has 31 heavy (non-hydrogen) atoms. The summed E-state index contributed by atoms with van der Waals surface area (Å²) in [6, 6.07) is 21.2. The molecule has 2 amide bonds. The molecule has 0 atom stereocenters. The normalized spacial score (nSPS) is 15.0. The molecule has 6 heteroatoms. The lowest BCUT2D eigenvalue weighted by Crippen LogP contribution is -2.27. The fraction of sp³-hybridized carbons (Fsp3) is 0.120. The Kier molecular flexibility index (Phi) is 6.18. The maximum absolute atomic E-state index is 13.2. The Bertz CT molecular complexity index is 1140. The second-order valence-corrected chi connectivity index (χ2v) is 8.23. The van der Waals surface area contributed by atoms with Crippen LogP contribution in [0.3, 0.4) is 0 Å². The minimum Gasteiger partial charge on any atom is -0.489 e. The molecule has 156 valence electrons. The monoisotopic (exact) mass is 433 g/mol. The fourth-order valence-corrected chi connectivity index (χ4v) is 3.96. The van der Waals surface area contributed by atoms with Gasteiger partial charge < -0.3 is 4.74 Å². The molecule has 3 aromatic rings. The Balaban J connectivity index is 1.40. The highest BCUT2D eigenvalue weighted by Crippen LogP contribution is 2.33. The number of hydrogen-bond acceptors (Lipinski definition) is 4. The summed E-state index contributed by atoms with van der Waals surface area (Å²) in [4.78, 5) is 26.7. The van der Waals surface area contributed by atoms with Crippen LogP contribution >= 0.6 is 11.8 Å². The number of ether oxygens (including phenoxy) is 1. The molecule has 0 spiro atoms. The van der Waals surface area contributed by atoms with Crippen LogP contribution < -0.4 is 4.74 Å². The lowest BCUT2D eigenvalue weighted by molar-refractivity contribution is -0.123. The molecular formula is C25H20FNO3S. The number of hydrogen-bond donors (Lipinski definition) is 0. The van der Waals surface area contributed by atoms with Crippen molar-refractivity contribution in [3.8, 4) is 5.75 Å². The zero-order valence-corrected chi connectivity index (χ0v) is 17.7. The first-order chi connectivity index (χ1) is 15.0. The number of benzene rings is 3. The molecule has 1 aliphatic rings. The minimum absolute atomic E-state index is 0.259. The molecule has 1 fully saturated rings. The number of carbonyl (C=O) groups excluding carboxylic acids is 2. The molecule has 1 saturated heterocycles. The SMILES string of the molecule is Cc1ccc(CN2C(=O)S/C(=C\c3ccc(OCc4cccc(F)c4)cc3)C2=O)cc1. The second-order valence-electron chi connectivity index (χ2n) is 7.24. The number of nitrogens with zero attached hydrogens (tertiary/aromatic N) is 1. The van der Waals surface area contributed by atoms with Gasteiger partial charge in [0.2, 0.25) is 0 Å². The zero-order chi connectivity index (χ0) is 21.8. The predicted molar refractivity (Wildman–Crippen MR) is 120 cm³/mol. The van der Waals surface area contributed by atoms with E-state index in [1.54, 1.807) is 30.3 Å². The van der Waals surface area contributed by atoms with Gasteiger partial charge in [-0.1, -0.05) is 54.1 Å². The van der Waals surface area contributed by atoms with Gasteiger partial charge in [-0.3, -0.25) is 14.5 Å². The van der Waals surface area contributed by atoms with Crippen LogP contribution in [0.5, 0.6) is 5.75 Å². The molecule has 3 aromatic carbocycles. The standard InChI is InChI=1S/C25H20FNO3S/c1-17-5-7-19(8-6-17)15-27-24(28)23(31-25(27)29)14-18-9-11-22(12-10-18)30-16-20-3-2-4-21(26)13-20/h2-14H,15-16H2,1H3/b23-14-. The first-order valence-electron chi connectivity index (χ1n) is 9.76. The number of imide groups is 1. The summed E-state index contributed by atoms with van der Waals surface area (Å²) < 4.78 is 18.9. The van der Waals surface area contributed by atoms with E-state index in [1.165, 1.54) is 17.0 Å². The maximum atomic E-state index is 13.2. The topological polar surface area (TPSA) is 46.6 Å². The van der Waals surface area contributed by atoms with E-state index in [1.807, 2.05) is 43.3 Å². The van der Waals surface area contributed by atoms with E-state index in [0.29, 0.717) is 10.7 Å². The summed E-state index contributed by atoms with van der Waals surface area (Å²) in [5.41, 5.74) is 3.57. The highest BCUT2D eigenvalue weighted by Gasteiger charge is 2.34.